The predicted molar refractivity (Wildman–Crippen MR) is 149 cm³/mol. The van der Waals surface area contributed by atoms with Crippen LogP contribution in [0.1, 0.15) is 54.4 Å². The fraction of sp³-hybridized carbons (Fsp3) is 0.429. The Labute approximate surface area is 241 Å². The molecular weight excluding hydrogens is 570 g/mol. The van der Waals surface area contributed by atoms with Crippen molar-refractivity contribution in [3.8, 4) is 0 Å². The van der Waals surface area contributed by atoms with Gasteiger partial charge in [0.25, 0.3) is 0 Å². The molecule has 3 aromatic rings. The van der Waals surface area contributed by atoms with Gasteiger partial charge in [-0.05, 0) is 37.5 Å². The highest BCUT2D eigenvalue weighted by Crippen LogP contribution is 2.51. The van der Waals surface area contributed by atoms with Crippen LogP contribution in [-0.2, 0) is 35.3 Å². The SMILES string of the molecule is CCCCc1ccc(C(=O)OCOC(=O)C2=C(c3cn4cnc(S(C)(=O)=O)c4s3)[C@H](C)[C@@H]3[C@@H]([C@@H](C)O)C(=O)N23)cc1. The smallest absolute Gasteiger partial charge is 0.358 e. The summed E-state index contributed by atoms with van der Waals surface area (Å²) in [5.41, 5.74) is 1.90. The molecule has 4 atom stereocenters. The van der Waals surface area contributed by atoms with E-state index in [0.717, 1.165) is 42.4 Å². The number of aryl methyl sites for hydroxylation is 1. The van der Waals surface area contributed by atoms with Crippen LogP contribution in [0.2, 0.25) is 0 Å². The number of nitrogens with zero attached hydrogens (tertiary/aromatic N) is 3. The van der Waals surface area contributed by atoms with E-state index in [1.165, 1.54) is 18.2 Å². The van der Waals surface area contributed by atoms with E-state index in [4.69, 9.17) is 9.47 Å². The number of fused-ring (bicyclic) bond motifs is 2. The van der Waals surface area contributed by atoms with E-state index < -0.39 is 52.5 Å². The molecule has 1 saturated heterocycles. The van der Waals surface area contributed by atoms with Crippen molar-refractivity contribution >= 4 is 49.4 Å². The van der Waals surface area contributed by atoms with Crippen LogP contribution in [0.5, 0.6) is 0 Å². The van der Waals surface area contributed by atoms with Crippen LogP contribution in [0.3, 0.4) is 0 Å². The van der Waals surface area contributed by atoms with Crippen molar-refractivity contribution in [3.05, 3.63) is 58.5 Å². The summed E-state index contributed by atoms with van der Waals surface area (Å²) in [6, 6.07) is 6.55. The molecule has 0 saturated carbocycles. The number of sulfone groups is 1. The van der Waals surface area contributed by atoms with Crippen LogP contribution < -0.4 is 0 Å². The van der Waals surface area contributed by atoms with Crippen molar-refractivity contribution in [1.29, 1.82) is 0 Å². The molecule has 1 fully saturated rings. The number of rotatable bonds is 10. The lowest BCUT2D eigenvalue weighted by Crippen LogP contribution is -2.63. The fourth-order valence-corrected chi connectivity index (χ4v) is 7.87. The Balaban J connectivity index is 1.39. The number of unbranched alkanes of at least 4 members (excludes halogenated alkanes) is 1. The van der Waals surface area contributed by atoms with Gasteiger partial charge >= 0.3 is 11.9 Å². The van der Waals surface area contributed by atoms with E-state index in [2.05, 4.69) is 11.9 Å². The zero-order valence-electron chi connectivity index (χ0n) is 23.1. The molecule has 5 rings (SSSR count). The number of hydrogen-bond acceptors (Lipinski definition) is 10. The number of imidazole rings is 1. The minimum atomic E-state index is -3.60. The topological polar surface area (TPSA) is 145 Å². The maximum atomic E-state index is 13.4. The maximum absolute atomic E-state index is 13.4. The van der Waals surface area contributed by atoms with Gasteiger partial charge in [0.1, 0.15) is 16.9 Å². The summed E-state index contributed by atoms with van der Waals surface area (Å²) in [5.74, 6) is -3.02. The minimum Gasteiger partial charge on any atom is -0.424 e. The second-order valence-corrected chi connectivity index (χ2v) is 13.4. The lowest BCUT2D eigenvalue weighted by atomic mass is 9.77. The van der Waals surface area contributed by atoms with Crippen molar-refractivity contribution in [2.45, 2.75) is 57.2 Å². The van der Waals surface area contributed by atoms with Gasteiger partial charge in [-0.1, -0.05) is 32.4 Å². The highest BCUT2D eigenvalue weighted by atomic mass is 32.2. The first kappa shape index (κ1) is 29.0. The third-order valence-corrected chi connectivity index (χ3v) is 9.82. The van der Waals surface area contributed by atoms with Gasteiger partial charge in [0.15, 0.2) is 14.9 Å². The molecule has 0 radical (unpaired) electrons. The van der Waals surface area contributed by atoms with Crippen molar-refractivity contribution in [1.82, 2.24) is 14.3 Å². The largest absolute Gasteiger partial charge is 0.424 e. The van der Waals surface area contributed by atoms with Crippen LogP contribution in [-0.4, -0.2) is 70.8 Å². The summed E-state index contributed by atoms with van der Waals surface area (Å²) in [6.07, 6.45) is 6.19. The number of carbonyl (C=O) groups excluding carboxylic acids is 3. The van der Waals surface area contributed by atoms with E-state index in [9.17, 15) is 27.9 Å². The molecule has 0 bridgehead atoms. The third-order valence-electron chi connectivity index (χ3n) is 7.55. The first-order valence-electron chi connectivity index (χ1n) is 13.3. The molecule has 1 amide bonds. The van der Waals surface area contributed by atoms with E-state index in [0.29, 0.717) is 20.8 Å². The number of aliphatic hydroxyl groups is 1. The van der Waals surface area contributed by atoms with Crippen molar-refractivity contribution in [2.24, 2.45) is 11.8 Å². The molecule has 13 heteroatoms. The Morgan fingerprint density at radius 2 is 1.85 bits per heavy atom. The molecule has 41 heavy (non-hydrogen) atoms. The number of carbonyl (C=O) groups is 3. The molecule has 1 N–H and O–H groups in total. The molecule has 0 aliphatic carbocycles. The Morgan fingerprint density at radius 3 is 2.49 bits per heavy atom. The van der Waals surface area contributed by atoms with Crippen LogP contribution >= 0.6 is 11.3 Å². The number of amides is 1. The second kappa shape index (κ2) is 11.0. The monoisotopic (exact) mass is 601 g/mol. The molecule has 0 unspecified atom stereocenters. The summed E-state index contributed by atoms with van der Waals surface area (Å²) < 4.78 is 36.5. The molecule has 2 aromatic heterocycles. The maximum Gasteiger partial charge on any atom is 0.358 e. The zero-order valence-corrected chi connectivity index (χ0v) is 24.7. The summed E-state index contributed by atoms with van der Waals surface area (Å²) in [6.45, 7) is 4.80. The van der Waals surface area contributed by atoms with Crippen LogP contribution in [0.15, 0.2) is 47.5 Å². The number of esters is 2. The van der Waals surface area contributed by atoms with Crippen LogP contribution in [0.25, 0.3) is 10.4 Å². The van der Waals surface area contributed by atoms with E-state index >= 15 is 0 Å². The first-order chi connectivity index (χ1) is 19.4. The Hall–Kier alpha value is -3.55. The predicted octanol–water partition coefficient (Wildman–Crippen LogP) is 3.07. The van der Waals surface area contributed by atoms with Gasteiger partial charge in [0.2, 0.25) is 12.7 Å². The number of hydrogen-bond donors (Lipinski definition) is 1. The Kier molecular flexibility index (Phi) is 7.79. The molecule has 1 aromatic carbocycles. The van der Waals surface area contributed by atoms with Gasteiger partial charge in [-0.15, -0.1) is 11.3 Å². The van der Waals surface area contributed by atoms with Crippen molar-refractivity contribution in [2.75, 3.05) is 13.0 Å². The molecule has 4 heterocycles. The van der Waals surface area contributed by atoms with Crippen LogP contribution in [0, 0.1) is 11.8 Å². The highest BCUT2D eigenvalue weighted by Gasteiger charge is 2.60. The number of ether oxygens (including phenoxy) is 2. The Morgan fingerprint density at radius 1 is 1.17 bits per heavy atom. The number of benzene rings is 1. The van der Waals surface area contributed by atoms with Crippen molar-refractivity contribution < 1.29 is 37.4 Å². The second-order valence-electron chi connectivity index (χ2n) is 10.4. The number of thiazole rings is 1. The van der Waals surface area contributed by atoms with E-state index in [-0.39, 0.29) is 16.6 Å². The van der Waals surface area contributed by atoms with E-state index in [1.54, 1.807) is 22.7 Å². The minimum absolute atomic E-state index is 0.0147. The zero-order chi connectivity index (χ0) is 29.6. The molecule has 2 aliphatic rings. The Bertz CT molecular complexity index is 1650. The fourth-order valence-electron chi connectivity index (χ4n) is 5.52. The molecular formula is C28H31N3O8S2. The van der Waals surface area contributed by atoms with E-state index in [1.807, 2.05) is 19.1 Å². The van der Waals surface area contributed by atoms with Gasteiger partial charge in [0, 0.05) is 23.9 Å². The molecule has 0 spiro atoms. The average Bonchev–Trinajstić information content (AvgIpc) is 3.56. The average molecular weight is 602 g/mol. The lowest BCUT2D eigenvalue weighted by Gasteiger charge is -2.46. The first-order valence-corrected chi connectivity index (χ1v) is 16.0. The summed E-state index contributed by atoms with van der Waals surface area (Å²) >= 11 is 1.12. The standard InChI is InChI=1S/C28H31N3O8S2/c1-5-6-7-17-8-10-18(11-9-17)27(34)38-14-39-28(35)23-20(15(2)22-21(16(3)32)25(33)31(22)23)19-12-30-13-29-24(26(30)40-19)41(4,36)37/h8-13,15-16,21-22,32H,5-7,14H2,1-4H3/t15-,16+,21+,22+/m0/s1. The third kappa shape index (κ3) is 5.17. The van der Waals surface area contributed by atoms with Gasteiger partial charge in [-0.3, -0.25) is 9.20 Å². The summed E-state index contributed by atoms with van der Waals surface area (Å²) in [4.78, 5) is 45.2. The molecule has 2 aliphatic heterocycles. The quantitative estimate of drug-likeness (QED) is 0.211. The van der Waals surface area contributed by atoms with Crippen LogP contribution in [0.4, 0.5) is 0 Å². The molecule has 11 nitrogen and oxygen atoms in total. The number of aromatic nitrogens is 2. The van der Waals surface area contributed by atoms with Gasteiger partial charge in [-0.25, -0.2) is 23.0 Å². The number of β-lactam (4-membered cyclic amide) rings is 1. The van der Waals surface area contributed by atoms with Gasteiger partial charge < -0.3 is 19.5 Å². The summed E-state index contributed by atoms with van der Waals surface area (Å²) in [5, 5.41) is 10.2. The normalized spacial score (nSPS) is 21.1. The molecule has 218 valence electrons. The number of aliphatic hydroxyl groups excluding tert-OH is 1. The van der Waals surface area contributed by atoms with Gasteiger partial charge in [0.05, 0.1) is 28.5 Å². The van der Waals surface area contributed by atoms with Crippen molar-refractivity contribution in [3.63, 3.8) is 0 Å². The highest BCUT2D eigenvalue weighted by molar-refractivity contribution is 7.91. The lowest BCUT2D eigenvalue weighted by molar-refractivity contribution is -0.166. The van der Waals surface area contributed by atoms with Gasteiger partial charge in [-0.2, -0.15) is 0 Å². The summed E-state index contributed by atoms with van der Waals surface area (Å²) in [7, 11) is -3.60.